The van der Waals surface area contributed by atoms with E-state index >= 15 is 0 Å². The van der Waals surface area contributed by atoms with Gasteiger partial charge in [0, 0.05) is 103 Å². The summed E-state index contributed by atoms with van der Waals surface area (Å²) in [6, 6.07) is 25.6. The van der Waals surface area contributed by atoms with Crippen molar-refractivity contribution in [2.24, 2.45) is 5.92 Å². The number of rotatable bonds is 16. The topological polar surface area (TPSA) is 106 Å². The largest absolute Gasteiger partial charge is 0.446 e. The highest BCUT2D eigenvalue weighted by molar-refractivity contribution is 5.94. The van der Waals surface area contributed by atoms with Crippen LogP contribution in [-0.4, -0.2) is 123 Å². The van der Waals surface area contributed by atoms with Crippen LogP contribution in [-0.2, 0) is 14.3 Å². The Morgan fingerprint density at radius 3 is 2.05 bits per heavy atom. The minimum atomic E-state index is -0.428. The standard InChI is InChI=1S/C44H60N6O5/c1-5-41(51)46(2)26-11-27-48(4)43(53)36-17-19-37(20-18-36)50-30-22-34(23-31-50)16-21-42(52)47(3)32-33-49-28-24-38(25-29-49)55-44(54)45-40-15-10-9-14-39(40)35-12-7-6-8-13-35/h6-10,12-15,17-20,34,38H,5,11,16,21-33H2,1-4H3,(H,45,54). The van der Waals surface area contributed by atoms with Crippen molar-refractivity contribution in [3.05, 3.63) is 84.4 Å². The molecule has 3 aromatic carbocycles. The normalized spacial score (nSPS) is 15.3. The van der Waals surface area contributed by atoms with E-state index in [4.69, 9.17) is 4.74 Å². The Hall–Kier alpha value is -4.90. The Labute approximate surface area is 327 Å². The Balaban J connectivity index is 0.939. The van der Waals surface area contributed by atoms with Gasteiger partial charge in [0.2, 0.25) is 11.8 Å². The van der Waals surface area contributed by atoms with E-state index in [-0.39, 0.29) is 23.8 Å². The quantitative estimate of drug-likeness (QED) is 0.171. The van der Waals surface area contributed by atoms with Crippen molar-refractivity contribution in [2.45, 2.75) is 64.4 Å². The maximum absolute atomic E-state index is 13.0. The van der Waals surface area contributed by atoms with Gasteiger partial charge in [0.05, 0.1) is 5.69 Å². The number of anilines is 2. The number of piperidine rings is 2. The summed E-state index contributed by atoms with van der Waals surface area (Å²) >= 11 is 0. The molecule has 0 aromatic heterocycles. The van der Waals surface area contributed by atoms with Crippen LogP contribution in [0.5, 0.6) is 0 Å². The second-order valence-corrected chi connectivity index (χ2v) is 15.1. The number of amides is 4. The molecule has 0 bridgehead atoms. The number of hydrogen-bond donors (Lipinski definition) is 1. The summed E-state index contributed by atoms with van der Waals surface area (Å²) in [5, 5.41) is 2.94. The fraction of sp³-hybridized carbons (Fsp3) is 0.500. The Morgan fingerprint density at radius 2 is 1.36 bits per heavy atom. The van der Waals surface area contributed by atoms with Gasteiger partial charge in [-0.2, -0.15) is 0 Å². The molecule has 0 atom stereocenters. The lowest BCUT2D eigenvalue weighted by Gasteiger charge is -2.34. The van der Waals surface area contributed by atoms with Crippen LogP contribution < -0.4 is 10.2 Å². The first-order chi connectivity index (χ1) is 26.6. The number of benzene rings is 3. The fourth-order valence-corrected chi connectivity index (χ4v) is 7.49. The van der Waals surface area contributed by atoms with Crippen LogP contribution in [0.3, 0.4) is 0 Å². The minimum Gasteiger partial charge on any atom is -0.446 e. The lowest BCUT2D eigenvalue weighted by atomic mass is 9.91. The van der Waals surface area contributed by atoms with E-state index in [1.54, 1.807) is 16.8 Å². The summed E-state index contributed by atoms with van der Waals surface area (Å²) in [7, 11) is 5.51. The molecule has 55 heavy (non-hydrogen) atoms. The van der Waals surface area contributed by atoms with Crippen molar-refractivity contribution in [2.75, 3.05) is 83.7 Å². The summed E-state index contributed by atoms with van der Waals surface area (Å²) in [5.74, 6) is 0.823. The third kappa shape index (κ3) is 12.3. The molecule has 5 rings (SSSR count). The number of nitrogens with zero attached hydrogens (tertiary/aromatic N) is 5. The molecule has 0 unspecified atom stereocenters. The predicted octanol–water partition coefficient (Wildman–Crippen LogP) is 6.85. The van der Waals surface area contributed by atoms with Gasteiger partial charge in [0.15, 0.2) is 0 Å². The maximum Gasteiger partial charge on any atom is 0.411 e. The molecule has 0 spiro atoms. The monoisotopic (exact) mass is 752 g/mol. The van der Waals surface area contributed by atoms with E-state index in [1.165, 1.54) is 0 Å². The summed E-state index contributed by atoms with van der Waals surface area (Å²) in [6.07, 6.45) is 5.77. The van der Waals surface area contributed by atoms with E-state index in [0.29, 0.717) is 44.0 Å². The Bertz CT molecular complexity index is 1690. The van der Waals surface area contributed by atoms with Crippen LogP contribution in [0.2, 0.25) is 0 Å². The van der Waals surface area contributed by atoms with Crippen molar-refractivity contribution in [1.82, 2.24) is 19.6 Å². The number of para-hydroxylation sites is 1. The molecule has 11 nitrogen and oxygen atoms in total. The Morgan fingerprint density at radius 1 is 0.727 bits per heavy atom. The van der Waals surface area contributed by atoms with Crippen molar-refractivity contribution in [1.29, 1.82) is 0 Å². The molecule has 0 saturated carbocycles. The van der Waals surface area contributed by atoms with Gasteiger partial charge in [-0.15, -0.1) is 0 Å². The second kappa shape index (κ2) is 20.7. The summed E-state index contributed by atoms with van der Waals surface area (Å²) < 4.78 is 5.80. The highest BCUT2D eigenvalue weighted by Gasteiger charge is 2.25. The maximum atomic E-state index is 13.0. The average molecular weight is 753 g/mol. The van der Waals surface area contributed by atoms with Gasteiger partial charge in [-0.3, -0.25) is 19.7 Å². The number of carbonyl (C=O) groups excluding carboxylic acids is 4. The lowest BCUT2D eigenvalue weighted by Crippen LogP contribution is -2.42. The fourth-order valence-electron chi connectivity index (χ4n) is 7.49. The van der Waals surface area contributed by atoms with E-state index in [2.05, 4.69) is 15.1 Å². The van der Waals surface area contributed by atoms with Crippen molar-refractivity contribution in [3.8, 4) is 11.1 Å². The minimum absolute atomic E-state index is 0.0118. The molecule has 2 fully saturated rings. The molecule has 1 N–H and O–H groups in total. The molecular weight excluding hydrogens is 693 g/mol. The van der Waals surface area contributed by atoms with E-state index < -0.39 is 6.09 Å². The molecule has 2 saturated heterocycles. The molecule has 2 aliphatic heterocycles. The van der Waals surface area contributed by atoms with Crippen LogP contribution in [0.25, 0.3) is 11.1 Å². The SMILES string of the molecule is CCC(=O)N(C)CCCN(C)C(=O)c1ccc(N2CCC(CCC(=O)N(C)CCN3CCC(OC(=O)Nc4ccccc4-c4ccccc4)CC3)CC2)cc1. The van der Waals surface area contributed by atoms with Gasteiger partial charge in [-0.05, 0) is 80.3 Å². The Kier molecular flexibility index (Phi) is 15.5. The van der Waals surface area contributed by atoms with Gasteiger partial charge < -0.3 is 29.2 Å². The highest BCUT2D eigenvalue weighted by Crippen LogP contribution is 2.29. The molecule has 2 aliphatic rings. The van der Waals surface area contributed by atoms with Crippen molar-refractivity contribution >= 4 is 35.2 Å². The summed E-state index contributed by atoms with van der Waals surface area (Å²) in [5.41, 5.74) is 4.51. The first-order valence-electron chi connectivity index (χ1n) is 20.0. The van der Waals surface area contributed by atoms with Gasteiger partial charge >= 0.3 is 6.09 Å². The van der Waals surface area contributed by atoms with E-state index in [0.717, 1.165) is 93.8 Å². The molecular formula is C44H60N6O5. The van der Waals surface area contributed by atoms with Crippen molar-refractivity contribution < 1.29 is 23.9 Å². The first-order valence-corrected chi connectivity index (χ1v) is 20.0. The van der Waals surface area contributed by atoms with Crippen LogP contribution in [0.4, 0.5) is 16.2 Å². The van der Waals surface area contributed by atoms with Crippen LogP contribution in [0.15, 0.2) is 78.9 Å². The zero-order valence-electron chi connectivity index (χ0n) is 33.3. The lowest BCUT2D eigenvalue weighted by molar-refractivity contribution is -0.131. The van der Waals surface area contributed by atoms with Gasteiger partial charge in [-0.1, -0.05) is 55.5 Å². The third-order valence-electron chi connectivity index (χ3n) is 11.2. The molecule has 2 heterocycles. The van der Waals surface area contributed by atoms with Gasteiger partial charge in [-0.25, -0.2) is 4.79 Å². The first kappa shape index (κ1) is 41.3. The molecule has 11 heteroatoms. The molecule has 0 aliphatic carbocycles. The zero-order valence-corrected chi connectivity index (χ0v) is 33.3. The number of hydrogen-bond acceptors (Lipinski definition) is 7. The zero-order chi connectivity index (χ0) is 39.2. The van der Waals surface area contributed by atoms with E-state index in [9.17, 15) is 19.2 Å². The number of likely N-dealkylation sites (N-methyl/N-ethyl adjacent to an activating group) is 1. The molecule has 4 amide bonds. The smallest absolute Gasteiger partial charge is 0.411 e. The van der Waals surface area contributed by atoms with Crippen LogP contribution in [0.1, 0.15) is 68.6 Å². The van der Waals surface area contributed by atoms with Gasteiger partial charge in [0.25, 0.3) is 5.91 Å². The average Bonchev–Trinajstić information content (AvgIpc) is 3.22. The molecule has 0 radical (unpaired) electrons. The molecule has 296 valence electrons. The highest BCUT2D eigenvalue weighted by atomic mass is 16.6. The summed E-state index contributed by atoms with van der Waals surface area (Å²) in [4.78, 5) is 60.6. The number of carbonyl (C=O) groups is 4. The molecule has 3 aromatic rings. The second-order valence-electron chi connectivity index (χ2n) is 15.1. The predicted molar refractivity (Wildman–Crippen MR) is 219 cm³/mol. The van der Waals surface area contributed by atoms with Gasteiger partial charge in [0.1, 0.15) is 6.10 Å². The number of likely N-dealkylation sites (tertiary alicyclic amines) is 1. The van der Waals surface area contributed by atoms with Crippen molar-refractivity contribution in [3.63, 3.8) is 0 Å². The number of ether oxygens (including phenoxy) is 1. The third-order valence-corrected chi connectivity index (χ3v) is 11.2. The van der Waals surface area contributed by atoms with Crippen LogP contribution in [0, 0.1) is 5.92 Å². The number of nitrogens with one attached hydrogen (secondary N) is 1. The summed E-state index contributed by atoms with van der Waals surface area (Å²) in [6.45, 7) is 8.12. The van der Waals surface area contributed by atoms with E-state index in [1.807, 2.05) is 105 Å². The van der Waals surface area contributed by atoms with Crippen LogP contribution >= 0.6 is 0 Å².